The fourth-order valence-corrected chi connectivity index (χ4v) is 2.95. The third-order valence-electron chi connectivity index (χ3n) is 3.83. The van der Waals surface area contributed by atoms with E-state index in [1.807, 2.05) is 41.8 Å². The summed E-state index contributed by atoms with van der Waals surface area (Å²) in [5.41, 5.74) is 4.17. The van der Waals surface area contributed by atoms with Gasteiger partial charge in [-0.25, -0.2) is 9.67 Å². The van der Waals surface area contributed by atoms with Gasteiger partial charge in [-0.3, -0.25) is 4.79 Å². The minimum Gasteiger partial charge on any atom is -0.322 e. The maximum atomic E-state index is 12.4. The molecular formula is C18H14N6OS. The first-order chi connectivity index (χ1) is 12.8. The van der Waals surface area contributed by atoms with E-state index in [4.69, 9.17) is 0 Å². The van der Waals surface area contributed by atoms with Gasteiger partial charge in [0.2, 0.25) is 0 Å². The Morgan fingerprint density at radius 1 is 1.08 bits per heavy atom. The lowest BCUT2D eigenvalue weighted by Gasteiger charge is -2.07. The van der Waals surface area contributed by atoms with Crippen molar-refractivity contribution in [2.75, 3.05) is 5.32 Å². The smallest absolute Gasteiger partial charge is 0.255 e. The zero-order valence-electron chi connectivity index (χ0n) is 13.6. The van der Waals surface area contributed by atoms with Gasteiger partial charge >= 0.3 is 0 Å². The number of nitrogens with zero attached hydrogens (tertiary/aromatic N) is 5. The molecule has 0 fully saturated rings. The highest BCUT2D eigenvalue weighted by molar-refractivity contribution is 7.03. The van der Waals surface area contributed by atoms with Crippen LogP contribution in [0, 0.1) is 0 Å². The quantitative estimate of drug-likeness (QED) is 0.590. The van der Waals surface area contributed by atoms with Crippen molar-refractivity contribution >= 4 is 23.1 Å². The van der Waals surface area contributed by atoms with E-state index in [0.29, 0.717) is 12.1 Å². The predicted octanol–water partition coefficient (Wildman–Crippen LogP) is 3.10. The first-order valence-corrected chi connectivity index (χ1v) is 8.72. The third kappa shape index (κ3) is 3.65. The summed E-state index contributed by atoms with van der Waals surface area (Å²) >= 11 is 1.31. The van der Waals surface area contributed by atoms with Crippen LogP contribution < -0.4 is 5.32 Å². The van der Waals surface area contributed by atoms with Crippen molar-refractivity contribution in [2.45, 2.75) is 6.54 Å². The highest BCUT2D eigenvalue weighted by atomic mass is 32.1. The summed E-state index contributed by atoms with van der Waals surface area (Å²) in [6.07, 6.45) is 3.16. The van der Waals surface area contributed by atoms with E-state index >= 15 is 0 Å². The largest absolute Gasteiger partial charge is 0.322 e. The summed E-state index contributed by atoms with van der Waals surface area (Å²) in [5.74, 6) is -0.152. The molecule has 0 atom stereocenters. The van der Waals surface area contributed by atoms with Gasteiger partial charge in [-0.05, 0) is 41.4 Å². The normalized spacial score (nSPS) is 10.6. The molecule has 1 N–H and O–H groups in total. The molecule has 7 nitrogen and oxygen atoms in total. The fourth-order valence-electron chi connectivity index (χ4n) is 2.48. The van der Waals surface area contributed by atoms with Crippen LogP contribution in [0.25, 0.3) is 11.3 Å². The molecule has 0 radical (unpaired) electrons. The summed E-state index contributed by atoms with van der Waals surface area (Å²) < 4.78 is 5.58. The Kier molecular flexibility index (Phi) is 4.48. The summed E-state index contributed by atoms with van der Waals surface area (Å²) in [5, 5.41) is 12.9. The van der Waals surface area contributed by atoms with E-state index in [-0.39, 0.29) is 5.91 Å². The average Bonchev–Trinajstić information content (AvgIpc) is 3.37. The lowest BCUT2D eigenvalue weighted by atomic mass is 10.1. The topological polar surface area (TPSA) is 85.6 Å². The lowest BCUT2D eigenvalue weighted by molar-refractivity contribution is 0.102. The zero-order valence-corrected chi connectivity index (χ0v) is 14.4. The van der Waals surface area contributed by atoms with Gasteiger partial charge in [-0.2, -0.15) is 5.10 Å². The molecule has 128 valence electrons. The molecule has 0 spiro atoms. The Morgan fingerprint density at radius 3 is 2.54 bits per heavy atom. The molecule has 0 saturated heterocycles. The summed E-state index contributed by atoms with van der Waals surface area (Å²) in [6, 6.07) is 15.0. The summed E-state index contributed by atoms with van der Waals surface area (Å²) in [7, 11) is 0. The predicted molar refractivity (Wildman–Crippen MR) is 98.9 cm³/mol. The Bertz CT molecular complexity index is 979. The Morgan fingerprint density at radius 2 is 1.88 bits per heavy atom. The number of benzene rings is 2. The molecule has 4 rings (SSSR count). The van der Waals surface area contributed by atoms with Crippen LogP contribution in [0.5, 0.6) is 0 Å². The summed E-state index contributed by atoms with van der Waals surface area (Å²) in [6.45, 7) is 0.620. The molecule has 0 aliphatic carbocycles. The van der Waals surface area contributed by atoms with Crippen molar-refractivity contribution in [3.63, 3.8) is 0 Å². The second kappa shape index (κ2) is 7.24. The summed E-state index contributed by atoms with van der Waals surface area (Å²) in [4.78, 5) is 16.3. The van der Waals surface area contributed by atoms with E-state index in [1.54, 1.807) is 23.1 Å². The molecule has 4 aromatic rings. The number of carbonyl (C=O) groups is 1. The molecule has 0 bridgehead atoms. The van der Waals surface area contributed by atoms with Crippen molar-refractivity contribution in [1.82, 2.24) is 24.4 Å². The van der Waals surface area contributed by atoms with Crippen LogP contribution in [0.1, 0.15) is 15.9 Å². The van der Waals surface area contributed by atoms with Gasteiger partial charge in [0.05, 0.1) is 6.54 Å². The SMILES string of the molecule is O=C(Nc1ccc(-c2csnn2)cc1)c1ccc(Cn2cncn2)cc1. The minimum atomic E-state index is -0.152. The second-order valence-corrected chi connectivity index (χ2v) is 6.22. The molecule has 2 aromatic carbocycles. The van der Waals surface area contributed by atoms with Crippen molar-refractivity contribution < 1.29 is 4.79 Å². The molecular weight excluding hydrogens is 348 g/mol. The van der Waals surface area contributed by atoms with E-state index in [1.165, 1.54) is 17.9 Å². The number of hydrogen-bond donors (Lipinski definition) is 1. The first kappa shape index (κ1) is 16.1. The maximum absolute atomic E-state index is 12.4. The lowest BCUT2D eigenvalue weighted by Crippen LogP contribution is -2.12. The van der Waals surface area contributed by atoms with Gasteiger partial charge in [0.25, 0.3) is 5.91 Å². The molecule has 2 heterocycles. The Labute approximate surface area is 153 Å². The van der Waals surface area contributed by atoms with Crippen molar-refractivity contribution in [1.29, 1.82) is 0 Å². The number of hydrogen-bond acceptors (Lipinski definition) is 6. The molecule has 0 aliphatic heterocycles. The van der Waals surface area contributed by atoms with Crippen LogP contribution in [0.2, 0.25) is 0 Å². The number of aromatic nitrogens is 5. The van der Waals surface area contributed by atoms with E-state index < -0.39 is 0 Å². The third-order valence-corrected chi connectivity index (χ3v) is 4.33. The van der Waals surface area contributed by atoms with Crippen LogP contribution >= 0.6 is 11.5 Å². The van der Waals surface area contributed by atoms with Gasteiger partial charge in [0, 0.05) is 22.2 Å². The molecule has 1 amide bonds. The molecule has 8 heteroatoms. The van der Waals surface area contributed by atoms with Crippen molar-refractivity contribution in [3.05, 3.63) is 77.7 Å². The second-order valence-electron chi connectivity index (χ2n) is 5.61. The number of anilines is 1. The van der Waals surface area contributed by atoms with Crippen molar-refractivity contribution in [3.8, 4) is 11.3 Å². The molecule has 2 aromatic heterocycles. The number of nitrogens with one attached hydrogen (secondary N) is 1. The molecule has 26 heavy (non-hydrogen) atoms. The van der Waals surface area contributed by atoms with Gasteiger partial charge in [-0.1, -0.05) is 28.8 Å². The van der Waals surface area contributed by atoms with Crippen LogP contribution in [0.3, 0.4) is 0 Å². The zero-order chi connectivity index (χ0) is 17.8. The average molecular weight is 362 g/mol. The number of rotatable bonds is 5. The van der Waals surface area contributed by atoms with Crippen molar-refractivity contribution in [2.24, 2.45) is 0 Å². The maximum Gasteiger partial charge on any atom is 0.255 e. The molecule has 0 saturated carbocycles. The van der Waals surface area contributed by atoms with Crippen LogP contribution in [0.4, 0.5) is 5.69 Å². The van der Waals surface area contributed by atoms with Crippen LogP contribution in [0.15, 0.2) is 66.6 Å². The minimum absolute atomic E-state index is 0.152. The highest BCUT2D eigenvalue weighted by Crippen LogP contribution is 2.20. The molecule has 0 unspecified atom stereocenters. The monoisotopic (exact) mass is 362 g/mol. The van der Waals surface area contributed by atoms with Gasteiger partial charge in [0.15, 0.2) is 0 Å². The fraction of sp³-hybridized carbons (Fsp3) is 0.0556. The van der Waals surface area contributed by atoms with Gasteiger partial charge in [0.1, 0.15) is 18.3 Å². The van der Waals surface area contributed by atoms with Gasteiger partial charge < -0.3 is 5.32 Å². The van der Waals surface area contributed by atoms with E-state index in [2.05, 4.69) is 25.0 Å². The van der Waals surface area contributed by atoms with E-state index in [0.717, 1.165) is 22.5 Å². The van der Waals surface area contributed by atoms with Gasteiger partial charge in [-0.15, -0.1) is 5.10 Å². The molecule has 0 aliphatic rings. The number of carbonyl (C=O) groups excluding carboxylic acids is 1. The first-order valence-electron chi connectivity index (χ1n) is 7.88. The number of amides is 1. The van der Waals surface area contributed by atoms with Crippen LogP contribution in [-0.2, 0) is 6.54 Å². The van der Waals surface area contributed by atoms with Crippen LogP contribution in [-0.4, -0.2) is 30.3 Å². The standard InChI is InChI=1S/C18H14N6OS/c25-18(15-3-1-13(2-4-15)9-24-12-19-11-20-24)21-16-7-5-14(6-8-16)17-10-26-23-22-17/h1-8,10-12H,9H2,(H,21,25). The van der Waals surface area contributed by atoms with E-state index in [9.17, 15) is 4.79 Å². The Balaban J connectivity index is 1.41. The Hall–Kier alpha value is -3.39. The highest BCUT2D eigenvalue weighted by Gasteiger charge is 2.07.